The van der Waals surface area contributed by atoms with E-state index in [2.05, 4.69) is 9.97 Å². The summed E-state index contributed by atoms with van der Waals surface area (Å²) in [6, 6.07) is 7.14. The number of hydrogen-bond donors (Lipinski definition) is 1. The summed E-state index contributed by atoms with van der Waals surface area (Å²) in [5.41, 5.74) is 7.10. The summed E-state index contributed by atoms with van der Waals surface area (Å²) in [4.78, 5) is 8.55. The van der Waals surface area contributed by atoms with Gasteiger partial charge in [0.2, 0.25) is 0 Å². The Hall–Kier alpha value is -1.16. The molecule has 0 spiro atoms. The van der Waals surface area contributed by atoms with Gasteiger partial charge in [0.05, 0.1) is 10.7 Å². The van der Waals surface area contributed by atoms with Crippen molar-refractivity contribution < 1.29 is 0 Å². The lowest BCUT2D eigenvalue weighted by Gasteiger charge is -2.05. The van der Waals surface area contributed by atoms with Gasteiger partial charge in [0.15, 0.2) is 0 Å². The standard InChI is InChI=1S/C12H11Cl2N3/c13-8-1-2-9(10(14)7-8)11-4-6-16-12(17-11)3-5-15/h1-2,4,6-7H,3,5,15H2. The Bertz CT molecular complexity index is 529. The van der Waals surface area contributed by atoms with Crippen LogP contribution in [0.2, 0.25) is 10.0 Å². The molecule has 0 saturated heterocycles. The summed E-state index contributed by atoms with van der Waals surface area (Å²) in [7, 11) is 0. The van der Waals surface area contributed by atoms with Crippen molar-refractivity contribution in [1.82, 2.24) is 9.97 Å². The van der Waals surface area contributed by atoms with Crippen LogP contribution in [-0.4, -0.2) is 16.5 Å². The molecule has 0 aliphatic heterocycles. The van der Waals surface area contributed by atoms with Crippen molar-refractivity contribution in [3.63, 3.8) is 0 Å². The van der Waals surface area contributed by atoms with E-state index in [1.165, 1.54) is 0 Å². The summed E-state index contributed by atoms with van der Waals surface area (Å²) >= 11 is 12.0. The van der Waals surface area contributed by atoms with Crippen LogP contribution in [-0.2, 0) is 6.42 Å². The minimum atomic E-state index is 0.526. The smallest absolute Gasteiger partial charge is 0.130 e. The predicted molar refractivity (Wildman–Crippen MR) is 70.2 cm³/mol. The largest absolute Gasteiger partial charge is 0.330 e. The number of rotatable bonds is 3. The normalized spacial score (nSPS) is 10.5. The van der Waals surface area contributed by atoms with Gasteiger partial charge in [-0.1, -0.05) is 23.2 Å². The van der Waals surface area contributed by atoms with E-state index in [1.54, 1.807) is 18.3 Å². The minimum Gasteiger partial charge on any atom is -0.330 e. The average molecular weight is 268 g/mol. The van der Waals surface area contributed by atoms with Gasteiger partial charge in [-0.05, 0) is 30.8 Å². The van der Waals surface area contributed by atoms with Crippen LogP contribution >= 0.6 is 23.2 Å². The predicted octanol–water partition coefficient (Wildman–Crippen LogP) is 2.95. The zero-order valence-electron chi connectivity index (χ0n) is 9.03. The number of nitrogens with zero attached hydrogens (tertiary/aromatic N) is 2. The molecule has 1 aromatic carbocycles. The third-order valence-electron chi connectivity index (χ3n) is 2.28. The van der Waals surface area contributed by atoms with E-state index in [4.69, 9.17) is 28.9 Å². The molecular weight excluding hydrogens is 257 g/mol. The fourth-order valence-electron chi connectivity index (χ4n) is 1.50. The Morgan fingerprint density at radius 3 is 2.71 bits per heavy atom. The Labute approximate surface area is 110 Å². The highest BCUT2D eigenvalue weighted by Gasteiger charge is 2.06. The molecule has 0 atom stereocenters. The van der Waals surface area contributed by atoms with Crippen LogP contribution < -0.4 is 5.73 Å². The summed E-state index contributed by atoms with van der Waals surface area (Å²) in [5.74, 6) is 0.719. The highest BCUT2D eigenvalue weighted by molar-refractivity contribution is 6.36. The summed E-state index contributed by atoms with van der Waals surface area (Å²) in [5, 5.41) is 1.19. The summed E-state index contributed by atoms with van der Waals surface area (Å²) in [6.07, 6.45) is 2.36. The third kappa shape index (κ3) is 2.94. The van der Waals surface area contributed by atoms with Crippen molar-refractivity contribution in [3.8, 4) is 11.3 Å². The van der Waals surface area contributed by atoms with E-state index >= 15 is 0 Å². The topological polar surface area (TPSA) is 51.8 Å². The lowest BCUT2D eigenvalue weighted by molar-refractivity contribution is 0.869. The second-order valence-corrected chi connectivity index (χ2v) is 4.36. The number of nitrogens with two attached hydrogens (primary N) is 1. The van der Waals surface area contributed by atoms with Crippen molar-refractivity contribution in [2.45, 2.75) is 6.42 Å². The van der Waals surface area contributed by atoms with Crippen molar-refractivity contribution in [3.05, 3.63) is 46.3 Å². The Kier molecular flexibility index (Phi) is 3.94. The first-order valence-electron chi connectivity index (χ1n) is 5.18. The van der Waals surface area contributed by atoms with Crippen LogP contribution in [0.1, 0.15) is 5.82 Å². The Morgan fingerprint density at radius 2 is 2.00 bits per heavy atom. The molecule has 0 aliphatic rings. The SMILES string of the molecule is NCCc1nccc(-c2ccc(Cl)cc2Cl)n1. The van der Waals surface area contributed by atoms with Crippen LogP contribution in [0, 0.1) is 0 Å². The second kappa shape index (κ2) is 5.45. The lowest BCUT2D eigenvalue weighted by atomic mass is 10.1. The molecule has 0 aliphatic carbocycles. The van der Waals surface area contributed by atoms with Crippen LogP contribution in [0.15, 0.2) is 30.5 Å². The molecule has 17 heavy (non-hydrogen) atoms. The molecule has 0 unspecified atom stereocenters. The van der Waals surface area contributed by atoms with E-state index in [0.717, 1.165) is 17.1 Å². The van der Waals surface area contributed by atoms with Gasteiger partial charge in [-0.25, -0.2) is 9.97 Å². The first-order valence-corrected chi connectivity index (χ1v) is 5.93. The second-order valence-electron chi connectivity index (χ2n) is 3.52. The van der Waals surface area contributed by atoms with Gasteiger partial charge >= 0.3 is 0 Å². The molecule has 0 amide bonds. The van der Waals surface area contributed by atoms with E-state index < -0.39 is 0 Å². The molecule has 0 fully saturated rings. The molecule has 5 heteroatoms. The molecule has 2 N–H and O–H groups in total. The van der Waals surface area contributed by atoms with Crippen LogP contribution in [0.3, 0.4) is 0 Å². The highest BCUT2D eigenvalue weighted by atomic mass is 35.5. The summed E-state index contributed by atoms with van der Waals surface area (Å²) in [6.45, 7) is 0.526. The fourth-order valence-corrected chi connectivity index (χ4v) is 2.00. The molecular formula is C12H11Cl2N3. The van der Waals surface area contributed by atoms with E-state index in [-0.39, 0.29) is 0 Å². The average Bonchev–Trinajstić information content (AvgIpc) is 2.29. The molecule has 1 heterocycles. The Morgan fingerprint density at radius 1 is 1.18 bits per heavy atom. The van der Waals surface area contributed by atoms with Crippen molar-refractivity contribution in [1.29, 1.82) is 0 Å². The molecule has 0 radical (unpaired) electrons. The van der Waals surface area contributed by atoms with Gasteiger partial charge in [0.1, 0.15) is 5.82 Å². The van der Waals surface area contributed by atoms with E-state index in [1.807, 2.05) is 12.1 Å². The van der Waals surface area contributed by atoms with Gasteiger partial charge in [-0.3, -0.25) is 0 Å². The monoisotopic (exact) mass is 267 g/mol. The molecule has 1 aromatic heterocycles. The number of halogens is 2. The van der Waals surface area contributed by atoms with Gasteiger partial charge < -0.3 is 5.73 Å². The first-order chi connectivity index (χ1) is 8.20. The van der Waals surface area contributed by atoms with Gasteiger partial charge in [-0.15, -0.1) is 0 Å². The molecule has 3 nitrogen and oxygen atoms in total. The number of aromatic nitrogens is 2. The van der Waals surface area contributed by atoms with Crippen molar-refractivity contribution in [2.75, 3.05) is 6.54 Å². The maximum absolute atomic E-state index is 6.12. The van der Waals surface area contributed by atoms with Crippen LogP contribution in [0.5, 0.6) is 0 Å². The van der Waals surface area contributed by atoms with Crippen LogP contribution in [0.4, 0.5) is 0 Å². The maximum atomic E-state index is 6.12. The van der Waals surface area contributed by atoms with Crippen molar-refractivity contribution >= 4 is 23.2 Å². The fraction of sp³-hybridized carbons (Fsp3) is 0.167. The molecule has 2 aromatic rings. The zero-order valence-corrected chi connectivity index (χ0v) is 10.5. The van der Waals surface area contributed by atoms with Crippen molar-refractivity contribution in [2.24, 2.45) is 5.73 Å². The van der Waals surface area contributed by atoms with Crippen LogP contribution in [0.25, 0.3) is 11.3 Å². The lowest BCUT2D eigenvalue weighted by Crippen LogP contribution is -2.06. The number of hydrogen-bond acceptors (Lipinski definition) is 3. The first kappa shape index (κ1) is 12.3. The summed E-state index contributed by atoms with van der Waals surface area (Å²) < 4.78 is 0. The van der Waals surface area contributed by atoms with E-state index in [9.17, 15) is 0 Å². The molecule has 0 saturated carbocycles. The maximum Gasteiger partial charge on any atom is 0.130 e. The quantitative estimate of drug-likeness (QED) is 0.931. The third-order valence-corrected chi connectivity index (χ3v) is 2.83. The minimum absolute atomic E-state index is 0.526. The number of benzene rings is 1. The Balaban J connectivity index is 2.42. The van der Waals surface area contributed by atoms with E-state index in [0.29, 0.717) is 23.0 Å². The molecule has 0 bridgehead atoms. The van der Waals surface area contributed by atoms with Gasteiger partial charge in [0.25, 0.3) is 0 Å². The van der Waals surface area contributed by atoms with Gasteiger partial charge in [-0.2, -0.15) is 0 Å². The van der Waals surface area contributed by atoms with Gasteiger partial charge in [0, 0.05) is 23.2 Å². The molecule has 2 rings (SSSR count). The molecule has 88 valence electrons. The zero-order chi connectivity index (χ0) is 12.3. The highest BCUT2D eigenvalue weighted by Crippen LogP contribution is 2.28.